The van der Waals surface area contributed by atoms with Crippen molar-refractivity contribution in [1.82, 2.24) is 29.3 Å². The summed E-state index contributed by atoms with van der Waals surface area (Å²) in [7, 11) is -1.00. The summed E-state index contributed by atoms with van der Waals surface area (Å²) >= 11 is 2.84. The number of nitrogens with two attached hydrogens (primary N) is 2. The van der Waals surface area contributed by atoms with E-state index in [2.05, 4.69) is 77.4 Å². The molecule has 2 aliphatic rings. The van der Waals surface area contributed by atoms with E-state index in [1.165, 1.54) is 24.3 Å². The molecule has 2 saturated heterocycles. The van der Waals surface area contributed by atoms with Crippen molar-refractivity contribution in [3.8, 4) is 34.4 Å². The van der Waals surface area contributed by atoms with Gasteiger partial charge < -0.3 is 26.3 Å². The van der Waals surface area contributed by atoms with E-state index in [0.29, 0.717) is 35.5 Å². The van der Waals surface area contributed by atoms with Crippen molar-refractivity contribution < 1.29 is 33.6 Å². The van der Waals surface area contributed by atoms with Gasteiger partial charge in [0, 0.05) is 23.2 Å². The molecule has 2 fully saturated rings. The Hall–Kier alpha value is -7.01. The molecular weight excluding hydrogens is 950 g/mol. The van der Waals surface area contributed by atoms with Crippen molar-refractivity contribution in [2.75, 3.05) is 45.2 Å². The minimum absolute atomic E-state index is 0.257. The predicted molar refractivity (Wildman–Crippen MR) is 268 cm³/mol. The number of aromatic nitrogens is 4. The van der Waals surface area contributed by atoms with Gasteiger partial charge >= 0.3 is 0 Å². The molecule has 0 spiro atoms. The summed E-state index contributed by atoms with van der Waals surface area (Å²) in [5.74, 6) is 4.29. The van der Waals surface area contributed by atoms with Crippen LogP contribution in [0.25, 0.3) is 33.4 Å². The van der Waals surface area contributed by atoms with Gasteiger partial charge in [0.15, 0.2) is 0 Å². The van der Waals surface area contributed by atoms with Gasteiger partial charge in [0.05, 0.1) is 42.5 Å². The van der Waals surface area contributed by atoms with Gasteiger partial charge in [0.2, 0.25) is 11.8 Å². The SMILES string of the molecule is Fc1ccc(Oc2ccc(-n3c(C4CCNCC4)nc4ccccc43)cc2)cc1.NC(=O)CBr.NC(=O)CN1CCC(c2nc3ccccc3n2-c2ccc(Oc3ccc(F)cc3)cc2)CC1.[2H]CF. The number of carbonyl (C=O) groups excluding carboxylic acids is 2. The largest absolute Gasteiger partial charge is 0.457 e. The summed E-state index contributed by atoms with van der Waals surface area (Å²) in [5.41, 5.74) is 16.2. The number of halogens is 4. The predicted octanol–water partition coefficient (Wildman–Crippen LogP) is 10.5. The molecule has 69 heavy (non-hydrogen) atoms. The van der Waals surface area contributed by atoms with Gasteiger partial charge in [-0.2, -0.15) is 0 Å². The Morgan fingerprint density at radius 1 is 0.623 bits per heavy atom. The first-order valence-electron chi connectivity index (χ1n) is 23.2. The smallest absolute Gasteiger partial charge is 0.231 e. The second kappa shape index (κ2) is 24.3. The zero-order valence-corrected chi connectivity index (χ0v) is 39.4. The number of benzene rings is 6. The Labute approximate surface area is 408 Å². The molecule has 0 atom stereocenters. The lowest BCUT2D eigenvalue weighted by atomic mass is 9.95. The number of hydrogen-bond donors (Lipinski definition) is 3. The van der Waals surface area contributed by atoms with Crippen molar-refractivity contribution in [3.05, 3.63) is 169 Å². The Kier molecular flexibility index (Phi) is 17.1. The van der Waals surface area contributed by atoms with Crippen LogP contribution in [0.3, 0.4) is 0 Å². The third kappa shape index (κ3) is 13.2. The van der Waals surface area contributed by atoms with E-state index >= 15 is 0 Å². The lowest BCUT2D eigenvalue weighted by Crippen LogP contribution is -2.39. The molecule has 8 aromatic rings. The maximum Gasteiger partial charge on any atom is 0.231 e. The van der Waals surface area contributed by atoms with Crippen LogP contribution < -0.4 is 26.3 Å². The summed E-state index contributed by atoms with van der Waals surface area (Å²) in [5, 5.41) is 3.69. The fourth-order valence-corrected chi connectivity index (χ4v) is 8.43. The fraction of sp³-hybridized carbons (Fsp3) is 0.245. The Balaban J connectivity index is 0.000000180. The minimum atomic E-state index is -1.00. The lowest BCUT2D eigenvalue weighted by molar-refractivity contribution is -0.119. The number of imidazole rings is 2. The number of hydrogen-bond acceptors (Lipinski definition) is 8. The Morgan fingerprint density at radius 2 is 0.986 bits per heavy atom. The number of para-hydroxylation sites is 4. The van der Waals surface area contributed by atoms with Gasteiger partial charge in [-0.15, -0.1) is 0 Å². The highest BCUT2D eigenvalue weighted by Gasteiger charge is 2.27. The molecular formula is C53H54BrF3N8O4. The van der Waals surface area contributed by atoms with E-state index in [-0.39, 0.29) is 34.7 Å². The van der Waals surface area contributed by atoms with Crippen LogP contribution in [0.4, 0.5) is 13.2 Å². The molecule has 0 bridgehead atoms. The number of fused-ring (bicyclic) bond motifs is 2. The van der Waals surface area contributed by atoms with Crippen LogP contribution in [-0.4, -0.2) is 81.0 Å². The number of nitrogens with one attached hydrogen (secondary N) is 1. The quantitative estimate of drug-likeness (QED) is 0.108. The second-order valence-electron chi connectivity index (χ2n) is 16.3. The molecule has 2 aromatic heterocycles. The summed E-state index contributed by atoms with van der Waals surface area (Å²) in [4.78, 5) is 32.9. The van der Waals surface area contributed by atoms with Crippen LogP contribution in [0.2, 0.25) is 0 Å². The van der Waals surface area contributed by atoms with Crippen molar-refractivity contribution in [3.63, 3.8) is 0 Å². The standard InChI is InChI=1S/C26H25FN4O2.C24H22FN3O.C2H4BrNO.CH3F/c27-19-5-9-21(10-6-19)33-22-11-7-20(8-12-22)31-24-4-2-1-3-23(24)29-26(31)18-13-15-30(16-14-18)17-25(28)32;25-18-5-9-20(10-6-18)29-21-11-7-19(8-12-21)28-23-4-2-1-3-22(23)27-24(28)17-13-15-26-16-14-17;3-1-2(4)5;1-2/h1-12,18H,13-17H2,(H2,28,32);1-12,17,26H,13-16H2;1H2,(H2,4,5);1H3/i;;;1D. The van der Waals surface area contributed by atoms with Crippen molar-refractivity contribution in [1.29, 1.82) is 0 Å². The molecule has 0 radical (unpaired) electrons. The average molecular weight is 1000 g/mol. The highest BCUT2D eigenvalue weighted by Crippen LogP contribution is 2.35. The van der Waals surface area contributed by atoms with Crippen LogP contribution in [0.15, 0.2) is 146 Å². The number of nitrogens with zero attached hydrogens (tertiary/aromatic N) is 5. The topological polar surface area (TPSA) is 156 Å². The number of piperidine rings is 2. The van der Waals surface area contributed by atoms with Crippen molar-refractivity contribution in [2.45, 2.75) is 37.5 Å². The number of amides is 2. The average Bonchev–Trinajstić information content (AvgIpc) is 3.97. The van der Waals surface area contributed by atoms with E-state index in [0.717, 1.165) is 97.0 Å². The fourth-order valence-electron chi connectivity index (χ4n) is 8.43. The van der Waals surface area contributed by atoms with Gasteiger partial charge in [-0.1, -0.05) is 40.2 Å². The van der Waals surface area contributed by atoms with Gasteiger partial charge in [-0.25, -0.2) is 18.7 Å². The van der Waals surface area contributed by atoms with Crippen molar-refractivity contribution in [2.24, 2.45) is 11.5 Å². The molecule has 4 heterocycles. The van der Waals surface area contributed by atoms with E-state index in [1.54, 1.807) is 24.3 Å². The van der Waals surface area contributed by atoms with Crippen LogP contribution >= 0.6 is 15.9 Å². The van der Waals surface area contributed by atoms with Gasteiger partial charge in [-0.3, -0.25) is 28.0 Å². The first kappa shape index (κ1) is 48.4. The first-order valence-corrected chi connectivity index (χ1v) is 23.6. The molecule has 12 nitrogen and oxygen atoms in total. The number of likely N-dealkylation sites (tertiary alicyclic amines) is 1. The molecule has 358 valence electrons. The molecule has 10 rings (SSSR count). The van der Waals surface area contributed by atoms with Gasteiger partial charge in [0.25, 0.3) is 0 Å². The van der Waals surface area contributed by atoms with E-state index in [4.69, 9.17) is 26.5 Å². The normalized spacial score (nSPS) is 14.3. The van der Waals surface area contributed by atoms with Gasteiger partial charge in [0.1, 0.15) is 46.3 Å². The molecule has 6 aromatic carbocycles. The third-order valence-electron chi connectivity index (χ3n) is 11.6. The number of ether oxygens (including phenoxy) is 2. The number of rotatable bonds is 11. The Morgan fingerprint density at radius 3 is 1.36 bits per heavy atom. The van der Waals surface area contributed by atoms with Crippen molar-refractivity contribution >= 4 is 49.8 Å². The molecule has 16 heteroatoms. The van der Waals surface area contributed by atoms with Crippen LogP contribution in [0, 0.1) is 11.6 Å². The number of alkyl halides is 2. The molecule has 2 aliphatic heterocycles. The van der Waals surface area contributed by atoms with Gasteiger partial charge in [-0.05, 0) is 173 Å². The molecule has 0 saturated carbocycles. The lowest BCUT2D eigenvalue weighted by Gasteiger charge is -2.31. The third-order valence-corrected chi connectivity index (χ3v) is 12.2. The number of carbonyl (C=O) groups is 2. The minimum Gasteiger partial charge on any atom is -0.457 e. The molecule has 0 unspecified atom stereocenters. The number of primary amides is 2. The van der Waals surface area contributed by atoms with E-state index in [9.17, 15) is 22.8 Å². The first-order chi connectivity index (χ1) is 34.0. The highest BCUT2D eigenvalue weighted by molar-refractivity contribution is 9.09. The molecule has 0 aliphatic carbocycles. The second-order valence-corrected chi connectivity index (χ2v) is 16.9. The zero-order valence-electron chi connectivity index (χ0n) is 38.8. The Bertz CT molecular complexity index is 2930. The molecule has 2 amide bonds. The van der Waals surface area contributed by atoms with E-state index < -0.39 is 7.15 Å². The highest BCUT2D eigenvalue weighted by atomic mass is 79.9. The summed E-state index contributed by atoms with van der Waals surface area (Å²) in [6, 6.07) is 44.3. The molecule has 5 N–H and O–H groups in total. The summed E-state index contributed by atoms with van der Waals surface area (Å²) in [6.45, 7) is 4.00. The van der Waals surface area contributed by atoms with E-state index in [1.807, 2.05) is 60.7 Å². The maximum absolute atomic E-state index is 13.1. The zero-order chi connectivity index (χ0) is 49.4. The maximum atomic E-state index is 13.1. The summed E-state index contributed by atoms with van der Waals surface area (Å²) in [6.07, 6.45) is 4.02. The monoisotopic (exact) mass is 1000 g/mol. The summed E-state index contributed by atoms with van der Waals surface area (Å²) < 4.78 is 57.9. The van der Waals surface area contributed by atoms with Crippen LogP contribution in [0.5, 0.6) is 23.0 Å². The van der Waals surface area contributed by atoms with Crippen LogP contribution in [-0.2, 0) is 9.59 Å². The van der Waals surface area contributed by atoms with Crippen LogP contribution in [0.1, 0.15) is 50.5 Å².